The zero-order valence-electron chi connectivity index (χ0n) is 14.9. The van der Waals surface area contributed by atoms with Crippen molar-refractivity contribution in [1.82, 2.24) is 4.68 Å². The van der Waals surface area contributed by atoms with Gasteiger partial charge in [0.2, 0.25) is 4.80 Å². The molecule has 4 aromatic rings. The van der Waals surface area contributed by atoms with E-state index in [4.69, 9.17) is 0 Å². The van der Waals surface area contributed by atoms with Crippen molar-refractivity contribution in [2.24, 2.45) is 10.1 Å². The Morgan fingerprint density at radius 2 is 1.78 bits per heavy atom. The number of aromatic nitrogens is 1. The Bertz CT molecular complexity index is 1180. The Morgan fingerprint density at radius 3 is 2.63 bits per heavy atom. The summed E-state index contributed by atoms with van der Waals surface area (Å²) in [6.07, 6.45) is 1.67. The topological polar surface area (TPSA) is 49.9 Å². The highest BCUT2D eigenvalue weighted by molar-refractivity contribution is 7.07. The van der Waals surface area contributed by atoms with E-state index in [1.54, 1.807) is 29.7 Å². The minimum absolute atomic E-state index is 0.206. The molecular formula is C22H19N3OS. The molecule has 4 rings (SSSR count). The first kappa shape index (κ1) is 17.2. The fraction of sp³-hybridized carbons (Fsp3) is 0.0909. The van der Waals surface area contributed by atoms with E-state index in [0.29, 0.717) is 12.1 Å². The maximum Gasteiger partial charge on any atom is 0.206 e. The molecule has 0 atom stereocenters. The summed E-state index contributed by atoms with van der Waals surface area (Å²) in [5.41, 5.74) is 2.76. The predicted molar refractivity (Wildman–Crippen MR) is 112 cm³/mol. The van der Waals surface area contributed by atoms with Crippen LogP contribution in [0.15, 0.2) is 82.2 Å². The lowest BCUT2D eigenvalue weighted by Crippen LogP contribution is -2.12. The van der Waals surface area contributed by atoms with Crippen LogP contribution >= 0.6 is 11.3 Å². The van der Waals surface area contributed by atoms with Crippen molar-refractivity contribution >= 4 is 28.3 Å². The van der Waals surface area contributed by atoms with Gasteiger partial charge in [0.25, 0.3) is 0 Å². The van der Waals surface area contributed by atoms with Gasteiger partial charge in [-0.3, -0.25) is 4.99 Å². The monoisotopic (exact) mass is 373 g/mol. The number of para-hydroxylation sites is 1. The molecule has 0 spiro atoms. The number of hydrogen-bond acceptors (Lipinski definition) is 4. The second-order valence-corrected chi connectivity index (χ2v) is 6.86. The second-order valence-electron chi connectivity index (χ2n) is 6.02. The van der Waals surface area contributed by atoms with Gasteiger partial charge in [0, 0.05) is 23.1 Å². The Kier molecular flexibility index (Phi) is 4.85. The first-order chi connectivity index (χ1) is 13.3. The third-order valence-corrected chi connectivity index (χ3v) is 5.15. The predicted octanol–water partition coefficient (Wildman–Crippen LogP) is 4.88. The summed E-state index contributed by atoms with van der Waals surface area (Å²) in [4.78, 5) is 5.40. The van der Waals surface area contributed by atoms with E-state index in [1.807, 2.05) is 35.9 Å². The lowest BCUT2D eigenvalue weighted by molar-refractivity contribution is 0.474. The fourth-order valence-corrected chi connectivity index (χ4v) is 3.90. The summed E-state index contributed by atoms with van der Waals surface area (Å²) in [5.74, 6) is 0.206. The molecule has 0 aliphatic rings. The molecule has 1 aromatic heterocycles. The zero-order chi connectivity index (χ0) is 18.6. The Balaban J connectivity index is 1.90. The van der Waals surface area contributed by atoms with Crippen LogP contribution in [0, 0.1) is 0 Å². The molecule has 0 radical (unpaired) electrons. The van der Waals surface area contributed by atoms with Crippen molar-refractivity contribution in [2.45, 2.75) is 6.92 Å². The lowest BCUT2D eigenvalue weighted by Gasteiger charge is -2.07. The number of nitrogens with zero attached hydrogens (tertiary/aromatic N) is 3. The van der Waals surface area contributed by atoms with Gasteiger partial charge in [-0.05, 0) is 29.8 Å². The van der Waals surface area contributed by atoms with E-state index in [1.165, 1.54) is 10.8 Å². The Hall–Kier alpha value is -3.18. The fourth-order valence-electron chi connectivity index (χ4n) is 3.01. The zero-order valence-corrected chi connectivity index (χ0v) is 15.7. The molecule has 0 bridgehead atoms. The first-order valence-electron chi connectivity index (χ1n) is 8.79. The summed E-state index contributed by atoms with van der Waals surface area (Å²) in [7, 11) is 0. The molecule has 3 aromatic carbocycles. The van der Waals surface area contributed by atoms with E-state index in [0.717, 1.165) is 16.1 Å². The Labute approximate surface area is 161 Å². The van der Waals surface area contributed by atoms with E-state index < -0.39 is 0 Å². The number of aromatic hydroxyl groups is 1. The van der Waals surface area contributed by atoms with Crippen molar-refractivity contribution in [1.29, 1.82) is 0 Å². The quantitative estimate of drug-likeness (QED) is 0.509. The largest absolute Gasteiger partial charge is 0.507 e. The number of rotatable bonds is 4. The number of phenols is 1. The van der Waals surface area contributed by atoms with Crippen LogP contribution in [0.2, 0.25) is 0 Å². The summed E-state index contributed by atoms with van der Waals surface area (Å²) >= 11 is 1.56. The van der Waals surface area contributed by atoms with Crippen LogP contribution in [-0.2, 0) is 0 Å². The molecule has 5 heteroatoms. The van der Waals surface area contributed by atoms with Crippen molar-refractivity contribution in [3.63, 3.8) is 0 Å². The molecule has 0 aliphatic carbocycles. The third-order valence-electron chi connectivity index (χ3n) is 4.29. The molecule has 0 amide bonds. The van der Waals surface area contributed by atoms with Gasteiger partial charge in [0.05, 0.1) is 11.9 Å². The van der Waals surface area contributed by atoms with Crippen LogP contribution in [-0.4, -0.2) is 22.5 Å². The molecule has 0 aliphatic heterocycles. The van der Waals surface area contributed by atoms with Crippen LogP contribution < -0.4 is 4.80 Å². The van der Waals surface area contributed by atoms with E-state index in [9.17, 15) is 5.11 Å². The van der Waals surface area contributed by atoms with Gasteiger partial charge in [-0.15, -0.1) is 11.3 Å². The van der Waals surface area contributed by atoms with Gasteiger partial charge in [0.1, 0.15) is 5.75 Å². The molecule has 134 valence electrons. The van der Waals surface area contributed by atoms with Crippen LogP contribution in [0.1, 0.15) is 12.5 Å². The van der Waals surface area contributed by atoms with Crippen LogP contribution in [0.4, 0.5) is 0 Å². The molecule has 0 unspecified atom stereocenters. The number of hydrogen-bond donors (Lipinski definition) is 1. The van der Waals surface area contributed by atoms with Crippen molar-refractivity contribution in [2.75, 3.05) is 6.54 Å². The van der Waals surface area contributed by atoms with Crippen LogP contribution in [0.3, 0.4) is 0 Å². The number of fused-ring (bicyclic) bond motifs is 1. The molecule has 0 saturated carbocycles. The summed E-state index contributed by atoms with van der Waals surface area (Å²) < 4.78 is 1.85. The van der Waals surface area contributed by atoms with E-state index in [-0.39, 0.29) is 5.75 Å². The summed E-state index contributed by atoms with van der Waals surface area (Å²) in [6, 6.07) is 21.8. The van der Waals surface area contributed by atoms with Crippen molar-refractivity contribution in [3.05, 3.63) is 82.5 Å². The highest BCUT2D eigenvalue weighted by Crippen LogP contribution is 2.29. The SMILES string of the molecule is CCN=c1scc(-c2cccc3ccccc23)n1N=Cc1ccccc1O. The molecular weight excluding hydrogens is 354 g/mol. The maximum absolute atomic E-state index is 10.0. The lowest BCUT2D eigenvalue weighted by atomic mass is 10.0. The smallest absolute Gasteiger partial charge is 0.206 e. The third kappa shape index (κ3) is 3.41. The minimum atomic E-state index is 0.206. The molecule has 0 fully saturated rings. The van der Waals surface area contributed by atoms with Crippen molar-refractivity contribution in [3.8, 4) is 17.0 Å². The molecule has 1 N–H and O–H groups in total. The van der Waals surface area contributed by atoms with Gasteiger partial charge < -0.3 is 5.11 Å². The molecule has 27 heavy (non-hydrogen) atoms. The number of thiazole rings is 1. The Morgan fingerprint density at radius 1 is 1.00 bits per heavy atom. The standard InChI is InChI=1S/C22H19N3OS/c1-2-23-22-25(24-14-17-9-4-6-13-21(17)26)20(15-27-22)19-12-7-10-16-8-3-5-11-18(16)19/h3-15,26H,2H2,1H3. The number of phenolic OH excluding ortho intramolecular Hbond substituents is 1. The van der Waals surface area contributed by atoms with Gasteiger partial charge in [0.15, 0.2) is 0 Å². The highest BCUT2D eigenvalue weighted by Gasteiger charge is 2.10. The van der Waals surface area contributed by atoms with E-state index in [2.05, 4.69) is 45.8 Å². The van der Waals surface area contributed by atoms with Crippen molar-refractivity contribution < 1.29 is 5.11 Å². The average molecular weight is 373 g/mol. The molecule has 0 saturated heterocycles. The molecule has 4 nitrogen and oxygen atoms in total. The highest BCUT2D eigenvalue weighted by atomic mass is 32.1. The first-order valence-corrected chi connectivity index (χ1v) is 9.67. The van der Waals surface area contributed by atoms with Gasteiger partial charge in [-0.2, -0.15) is 5.10 Å². The maximum atomic E-state index is 10.0. The van der Waals surface area contributed by atoms with Gasteiger partial charge in [-0.25, -0.2) is 4.68 Å². The van der Waals surface area contributed by atoms with Gasteiger partial charge in [-0.1, -0.05) is 54.6 Å². The summed E-state index contributed by atoms with van der Waals surface area (Å²) in [6.45, 7) is 2.69. The molecule has 1 heterocycles. The second kappa shape index (κ2) is 7.60. The van der Waals surface area contributed by atoms with E-state index >= 15 is 0 Å². The van der Waals surface area contributed by atoms with Gasteiger partial charge >= 0.3 is 0 Å². The van der Waals surface area contributed by atoms with Crippen LogP contribution in [0.25, 0.3) is 22.0 Å². The average Bonchev–Trinajstić information content (AvgIpc) is 3.09. The van der Waals surface area contributed by atoms with Crippen LogP contribution in [0.5, 0.6) is 5.75 Å². The normalized spacial score (nSPS) is 12.3. The summed E-state index contributed by atoms with van der Waals surface area (Å²) in [5, 5.41) is 19.1. The number of benzene rings is 3. The minimum Gasteiger partial charge on any atom is -0.507 e.